The third kappa shape index (κ3) is 1.63. The van der Waals surface area contributed by atoms with Crippen LogP contribution in [-0.2, 0) is 0 Å². The second kappa shape index (κ2) is 3.85. The Morgan fingerprint density at radius 1 is 1.43 bits per heavy atom. The molecule has 14 heavy (non-hydrogen) atoms. The van der Waals surface area contributed by atoms with Crippen LogP contribution in [-0.4, -0.2) is 29.7 Å². The van der Waals surface area contributed by atoms with Crippen LogP contribution in [0.4, 0.5) is 0 Å². The van der Waals surface area contributed by atoms with Crippen molar-refractivity contribution in [1.82, 2.24) is 5.01 Å². The van der Waals surface area contributed by atoms with Crippen molar-refractivity contribution in [3.8, 4) is 0 Å². The molecule has 1 heterocycles. The van der Waals surface area contributed by atoms with Gasteiger partial charge in [-0.15, -0.1) is 0 Å². The quantitative estimate of drug-likeness (QED) is 0.729. The summed E-state index contributed by atoms with van der Waals surface area (Å²) in [5, 5.41) is 10.8. The first-order chi connectivity index (χ1) is 6.72. The van der Waals surface area contributed by atoms with E-state index in [1.807, 2.05) is 0 Å². The van der Waals surface area contributed by atoms with Gasteiger partial charge in [-0.05, 0) is 45.6 Å². The molecule has 80 valence electrons. The van der Waals surface area contributed by atoms with Gasteiger partial charge in [0.2, 0.25) is 0 Å². The number of nitrogens with two attached hydrogens (primary N) is 1. The van der Waals surface area contributed by atoms with E-state index in [0.29, 0.717) is 24.0 Å². The molecule has 0 aromatic rings. The summed E-state index contributed by atoms with van der Waals surface area (Å²) in [4.78, 5) is 0. The second-order valence-electron chi connectivity index (χ2n) is 4.73. The zero-order valence-corrected chi connectivity index (χ0v) is 9.06. The van der Waals surface area contributed by atoms with Crippen molar-refractivity contribution < 1.29 is 0 Å². The minimum absolute atomic E-state index is 0.416. The Morgan fingerprint density at radius 2 is 2.21 bits per heavy atom. The fraction of sp³-hybridized carbons (Fsp3) is 1.00. The highest BCUT2D eigenvalue weighted by Crippen LogP contribution is 2.34. The molecule has 2 rings (SSSR count). The first-order valence-corrected chi connectivity index (χ1v) is 5.61. The van der Waals surface area contributed by atoms with Gasteiger partial charge in [-0.1, -0.05) is 5.22 Å². The normalized spacial score (nSPS) is 36.6. The van der Waals surface area contributed by atoms with Crippen LogP contribution in [0.25, 0.3) is 0 Å². The molecule has 2 aliphatic rings. The largest absolute Gasteiger partial charge is 0.330 e. The summed E-state index contributed by atoms with van der Waals surface area (Å²) in [7, 11) is 0. The van der Waals surface area contributed by atoms with Crippen LogP contribution in [0.1, 0.15) is 33.1 Å². The van der Waals surface area contributed by atoms with Crippen molar-refractivity contribution >= 4 is 0 Å². The molecule has 1 aliphatic heterocycles. The van der Waals surface area contributed by atoms with Gasteiger partial charge in [-0.3, -0.25) is 5.01 Å². The van der Waals surface area contributed by atoms with Gasteiger partial charge in [0.15, 0.2) is 0 Å². The molecular formula is C10H20N4. The zero-order chi connectivity index (χ0) is 10.1. The van der Waals surface area contributed by atoms with Gasteiger partial charge in [0, 0.05) is 6.04 Å². The van der Waals surface area contributed by atoms with Crippen LogP contribution in [0.5, 0.6) is 0 Å². The van der Waals surface area contributed by atoms with Crippen molar-refractivity contribution in [3.63, 3.8) is 0 Å². The lowest BCUT2D eigenvalue weighted by Gasteiger charge is -2.34. The van der Waals surface area contributed by atoms with Crippen LogP contribution < -0.4 is 5.73 Å². The lowest BCUT2D eigenvalue weighted by molar-refractivity contribution is 0.131. The van der Waals surface area contributed by atoms with E-state index in [9.17, 15) is 0 Å². The number of rotatable bonds is 2. The molecular weight excluding hydrogens is 176 g/mol. The maximum Gasteiger partial charge on any atom is 0.0952 e. The fourth-order valence-corrected chi connectivity index (χ4v) is 2.54. The van der Waals surface area contributed by atoms with Gasteiger partial charge in [-0.25, -0.2) is 0 Å². The molecule has 1 fully saturated rings. The van der Waals surface area contributed by atoms with Gasteiger partial charge in [0.25, 0.3) is 0 Å². The Balaban J connectivity index is 2.00. The summed E-state index contributed by atoms with van der Waals surface area (Å²) in [5.74, 6) is 0.669. The second-order valence-corrected chi connectivity index (χ2v) is 4.73. The topological polar surface area (TPSA) is 54.0 Å². The van der Waals surface area contributed by atoms with E-state index in [2.05, 4.69) is 29.2 Å². The van der Waals surface area contributed by atoms with Crippen molar-refractivity contribution in [1.29, 1.82) is 0 Å². The predicted molar refractivity (Wildman–Crippen MR) is 55.8 cm³/mol. The molecule has 2 N–H and O–H groups in total. The van der Waals surface area contributed by atoms with Crippen molar-refractivity contribution in [2.45, 2.75) is 51.2 Å². The summed E-state index contributed by atoms with van der Waals surface area (Å²) in [5.41, 5.74) is 5.69. The molecule has 0 aromatic heterocycles. The zero-order valence-electron chi connectivity index (χ0n) is 9.06. The molecule has 4 nitrogen and oxygen atoms in total. The maximum absolute atomic E-state index is 5.69. The lowest BCUT2D eigenvalue weighted by Crippen LogP contribution is -2.43. The average molecular weight is 196 g/mol. The fourth-order valence-electron chi connectivity index (χ4n) is 2.54. The summed E-state index contributed by atoms with van der Waals surface area (Å²) in [6.45, 7) is 5.16. The molecule has 0 radical (unpaired) electrons. The van der Waals surface area contributed by atoms with Crippen LogP contribution >= 0.6 is 0 Å². The highest BCUT2D eigenvalue weighted by atomic mass is 15.6. The van der Waals surface area contributed by atoms with Crippen molar-refractivity contribution in [2.75, 3.05) is 6.54 Å². The van der Waals surface area contributed by atoms with Crippen LogP contribution in [0.2, 0.25) is 0 Å². The molecule has 0 spiro atoms. The Kier molecular flexibility index (Phi) is 2.72. The van der Waals surface area contributed by atoms with E-state index >= 15 is 0 Å². The summed E-state index contributed by atoms with van der Waals surface area (Å²) in [6.07, 6.45) is 3.58. The number of hydrogen-bond donors (Lipinski definition) is 1. The third-order valence-electron chi connectivity index (χ3n) is 3.40. The SMILES string of the molecule is CC(C)N1N=NC2CC(CN)CCC21. The Hall–Kier alpha value is -0.640. The summed E-state index contributed by atoms with van der Waals surface area (Å²) in [6, 6.07) is 1.45. The van der Waals surface area contributed by atoms with Crippen LogP contribution in [0, 0.1) is 5.92 Å². The smallest absolute Gasteiger partial charge is 0.0952 e. The number of nitrogens with zero attached hydrogens (tertiary/aromatic N) is 3. The minimum atomic E-state index is 0.416. The van der Waals surface area contributed by atoms with E-state index in [-0.39, 0.29) is 0 Å². The van der Waals surface area contributed by atoms with Gasteiger partial charge >= 0.3 is 0 Å². The monoisotopic (exact) mass is 196 g/mol. The molecule has 4 heteroatoms. The van der Waals surface area contributed by atoms with E-state index < -0.39 is 0 Å². The summed E-state index contributed by atoms with van der Waals surface area (Å²) < 4.78 is 0. The first-order valence-electron chi connectivity index (χ1n) is 5.61. The van der Waals surface area contributed by atoms with E-state index in [1.165, 1.54) is 12.8 Å². The number of hydrogen-bond acceptors (Lipinski definition) is 4. The Morgan fingerprint density at radius 3 is 2.86 bits per heavy atom. The molecule has 0 aromatic carbocycles. The first kappa shape index (κ1) is 9.90. The van der Waals surface area contributed by atoms with Crippen molar-refractivity contribution in [2.24, 2.45) is 22.0 Å². The molecule has 3 atom stereocenters. The Labute approximate surface area is 85.5 Å². The molecule has 0 bridgehead atoms. The summed E-state index contributed by atoms with van der Waals surface area (Å²) >= 11 is 0. The molecule has 1 aliphatic carbocycles. The van der Waals surface area contributed by atoms with Gasteiger partial charge in [0.05, 0.1) is 12.1 Å². The van der Waals surface area contributed by atoms with E-state index in [1.54, 1.807) is 0 Å². The maximum atomic E-state index is 5.69. The van der Waals surface area contributed by atoms with E-state index in [0.717, 1.165) is 13.0 Å². The van der Waals surface area contributed by atoms with Crippen LogP contribution in [0.3, 0.4) is 0 Å². The molecule has 0 amide bonds. The highest BCUT2D eigenvalue weighted by Gasteiger charge is 2.38. The predicted octanol–water partition coefficient (Wildman–Crippen LogP) is 1.57. The van der Waals surface area contributed by atoms with Gasteiger partial charge < -0.3 is 5.73 Å². The van der Waals surface area contributed by atoms with Gasteiger partial charge in [-0.2, -0.15) is 5.11 Å². The molecule has 1 saturated carbocycles. The number of fused-ring (bicyclic) bond motifs is 1. The third-order valence-corrected chi connectivity index (χ3v) is 3.40. The van der Waals surface area contributed by atoms with Crippen LogP contribution in [0.15, 0.2) is 10.3 Å². The molecule has 0 saturated heterocycles. The lowest BCUT2D eigenvalue weighted by atomic mass is 9.82. The van der Waals surface area contributed by atoms with Gasteiger partial charge in [0.1, 0.15) is 0 Å². The van der Waals surface area contributed by atoms with Crippen molar-refractivity contribution in [3.05, 3.63) is 0 Å². The van der Waals surface area contributed by atoms with E-state index in [4.69, 9.17) is 5.73 Å². The average Bonchev–Trinajstić information content (AvgIpc) is 2.59. The Bertz CT molecular complexity index is 226. The molecule has 3 unspecified atom stereocenters. The minimum Gasteiger partial charge on any atom is -0.330 e. The standard InChI is InChI=1S/C10H20N4/c1-7(2)14-10-4-3-8(6-11)5-9(10)12-13-14/h7-10H,3-6,11H2,1-2H3. The highest BCUT2D eigenvalue weighted by molar-refractivity contribution is 4.93.